The summed E-state index contributed by atoms with van der Waals surface area (Å²) in [5, 5.41) is 2.98. The van der Waals surface area contributed by atoms with Gasteiger partial charge in [-0.3, -0.25) is 0 Å². The van der Waals surface area contributed by atoms with Crippen LogP contribution < -0.4 is 14.8 Å². The zero-order valence-electron chi connectivity index (χ0n) is 12.0. The van der Waals surface area contributed by atoms with Gasteiger partial charge in [0.25, 0.3) is 0 Å². The molecule has 1 N–H and O–H groups in total. The summed E-state index contributed by atoms with van der Waals surface area (Å²) < 4.78 is 47.4. The number of methoxy groups -OCH3 is 1. The molecule has 1 aromatic carbocycles. The van der Waals surface area contributed by atoms with Crippen molar-refractivity contribution in [1.82, 2.24) is 4.98 Å². The Morgan fingerprint density at radius 1 is 1.18 bits per heavy atom. The number of benzene rings is 1. The number of pyridine rings is 1. The van der Waals surface area contributed by atoms with Crippen molar-refractivity contribution >= 4 is 5.82 Å². The van der Waals surface area contributed by atoms with E-state index in [9.17, 15) is 13.2 Å². The molecule has 1 heterocycles. The van der Waals surface area contributed by atoms with Gasteiger partial charge in [0.2, 0.25) is 0 Å². The van der Waals surface area contributed by atoms with E-state index in [1.165, 1.54) is 31.5 Å². The van der Waals surface area contributed by atoms with Crippen LogP contribution in [0, 0.1) is 5.82 Å². The van der Waals surface area contributed by atoms with Gasteiger partial charge >= 0.3 is 6.61 Å². The first kappa shape index (κ1) is 15.9. The highest BCUT2D eigenvalue weighted by Gasteiger charge is 2.16. The first-order chi connectivity index (χ1) is 10.5. The monoisotopic (exact) mass is 312 g/mol. The number of hydrogen-bond acceptors (Lipinski definition) is 4. The van der Waals surface area contributed by atoms with Crippen LogP contribution >= 0.6 is 0 Å². The van der Waals surface area contributed by atoms with Gasteiger partial charge in [-0.05, 0) is 31.2 Å². The van der Waals surface area contributed by atoms with Crippen molar-refractivity contribution in [1.29, 1.82) is 0 Å². The van der Waals surface area contributed by atoms with Gasteiger partial charge in [-0.2, -0.15) is 8.78 Å². The zero-order valence-corrected chi connectivity index (χ0v) is 12.0. The highest BCUT2D eigenvalue weighted by molar-refractivity contribution is 5.44. The van der Waals surface area contributed by atoms with Crippen molar-refractivity contribution in [2.75, 3.05) is 12.4 Å². The number of alkyl halides is 2. The number of halogens is 3. The molecule has 118 valence electrons. The SMILES string of the molecule is COc1cccc(F)c1[C@H](C)Nc1ccc(OC(F)F)cn1. The molecule has 0 fully saturated rings. The second-order valence-electron chi connectivity index (χ2n) is 4.48. The molecule has 22 heavy (non-hydrogen) atoms. The Kier molecular flexibility index (Phi) is 5.08. The van der Waals surface area contributed by atoms with Gasteiger partial charge in [-0.15, -0.1) is 0 Å². The Hall–Kier alpha value is -2.44. The second kappa shape index (κ2) is 7.02. The van der Waals surface area contributed by atoms with Crippen molar-refractivity contribution in [3.8, 4) is 11.5 Å². The number of nitrogens with zero attached hydrogens (tertiary/aromatic N) is 1. The molecule has 0 unspecified atom stereocenters. The molecule has 7 heteroatoms. The Bertz CT molecular complexity index is 621. The summed E-state index contributed by atoms with van der Waals surface area (Å²) in [7, 11) is 1.46. The van der Waals surface area contributed by atoms with Crippen molar-refractivity contribution < 1.29 is 22.6 Å². The van der Waals surface area contributed by atoms with Crippen LogP contribution in [-0.2, 0) is 0 Å². The lowest BCUT2D eigenvalue weighted by atomic mass is 10.1. The molecule has 0 bridgehead atoms. The molecule has 0 amide bonds. The number of ether oxygens (including phenoxy) is 2. The highest BCUT2D eigenvalue weighted by Crippen LogP contribution is 2.29. The third-order valence-electron chi connectivity index (χ3n) is 2.99. The van der Waals surface area contributed by atoms with Crippen LogP contribution in [0.5, 0.6) is 11.5 Å². The van der Waals surface area contributed by atoms with E-state index in [0.29, 0.717) is 17.1 Å². The highest BCUT2D eigenvalue weighted by atomic mass is 19.3. The number of aromatic nitrogens is 1. The summed E-state index contributed by atoms with van der Waals surface area (Å²) in [5.41, 5.74) is 0.361. The van der Waals surface area contributed by atoms with Crippen molar-refractivity contribution in [2.45, 2.75) is 19.6 Å². The molecule has 1 aromatic heterocycles. The standard InChI is InChI=1S/C15H15F3N2O2/c1-9(14-11(16)4-3-5-12(14)21-2)20-13-7-6-10(8-19-13)22-15(17)18/h3-9,15H,1-2H3,(H,19,20)/t9-/m0/s1. The molecule has 0 spiro atoms. The molecule has 2 aromatic rings. The summed E-state index contributed by atoms with van der Waals surface area (Å²) in [5.74, 6) is 0.366. The van der Waals surface area contributed by atoms with Crippen LogP contribution in [0.25, 0.3) is 0 Å². The fourth-order valence-corrected chi connectivity index (χ4v) is 2.05. The predicted octanol–water partition coefficient (Wildman–Crippen LogP) is 4.00. The van der Waals surface area contributed by atoms with Gasteiger partial charge in [-0.1, -0.05) is 6.07 Å². The minimum atomic E-state index is -2.90. The van der Waals surface area contributed by atoms with Gasteiger partial charge in [0, 0.05) is 0 Å². The summed E-state index contributed by atoms with van der Waals surface area (Å²) in [6.07, 6.45) is 1.17. The average molecular weight is 312 g/mol. The van der Waals surface area contributed by atoms with Crippen molar-refractivity contribution in [3.05, 3.63) is 47.9 Å². The van der Waals surface area contributed by atoms with Gasteiger partial charge in [0.1, 0.15) is 23.1 Å². The van der Waals surface area contributed by atoms with E-state index in [1.54, 1.807) is 19.1 Å². The van der Waals surface area contributed by atoms with Crippen molar-refractivity contribution in [2.24, 2.45) is 0 Å². The molecule has 0 aliphatic heterocycles. The number of nitrogens with one attached hydrogen (secondary N) is 1. The van der Waals surface area contributed by atoms with E-state index in [4.69, 9.17) is 4.74 Å². The van der Waals surface area contributed by atoms with E-state index in [2.05, 4.69) is 15.0 Å². The van der Waals surface area contributed by atoms with E-state index >= 15 is 0 Å². The van der Waals surface area contributed by atoms with E-state index in [0.717, 1.165) is 0 Å². The third kappa shape index (κ3) is 3.81. The zero-order chi connectivity index (χ0) is 16.1. The lowest BCUT2D eigenvalue weighted by Gasteiger charge is -2.18. The maximum atomic E-state index is 14.0. The van der Waals surface area contributed by atoms with E-state index < -0.39 is 18.5 Å². The molecule has 0 saturated heterocycles. The largest absolute Gasteiger partial charge is 0.496 e. The maximum absolute atomic E-state index is 14.0. The molecule has 0 radical (unpaired) electrons. The molecule has 4 nitrogen and oxygen atoms in total. The van der Waals surface area contributed by atoms with Crippen LogP contribution in [0.2, 0.25) is 0 Å². The second-order valence-corrected chi connectivity index (χ2v) is 4.48. The number of hydrogen-bond donors (Lipinski definition) is 1. The lowest BCUT2D eigenvalue weighted by Crippen LogP contribution is -2.11. The normalized spacial score (nSPS) is 12.1. The molecule has 0 aliphatic rings. The summed E-state index contributed by atoms with van der Waals surface area (Å²) in [6, 6.07) is 6.95. The smallest absolute Gasteiger partial charge is 0.387 e. The van der Waals surface area contributed by atoms with Crippen LogP contribution in [-0.4, -0.2) is 18.7 Å². The topological polar surface area (TPSA) is 43.4 Å². The van der Waals surface area contributed by atoms with Gasteiger partial charge in [0.15, 0.2) is 0 Å². The summed E-state index contributed by atoms with van der Waals surface area (Å²) >= 11 is 0. The van der Waals surface area contributed by atoms with Crippen molar-refractivity contribution in [3.63, 3.8) is 0 Å². The minimum Gasteiger partial charge on any atom is -0.496 e. The molecular formula is C15H15F3N2O2. The molecule has 0 saturated carbocycles. The Morgan fingerprint density at radius 3 is 2.55 bits per heavy atom. The number of rotatable bonds is 6. The predicted molar refractivity (Wildman–Crippen MR) is 75.9 cm³/mol. The molecule has 0 aliphatic carbocycles. The fourth-order valence-electron chi connectivity index (χ4n) is 2.05. The Labute approximate surface area is 125 Å². The summed E-state index contributed by atoms with van der Waals surface area (Å²) in [6.45, 7) is -1.16. The number of anilines is 1. The first-order valence-electron chi connectivity index (χ1n) is 6.51. The van der Waals surface area contributed by atoms with Gasteiger partial charge in [-0.25, -0.2) is 9.37 Å². The quantitative estimate of drug-likeness (QED) is 0.875. The molecular weight excluding hydrogens is 297 g/mol. The maximum Gasteiger partial charge on any atom is 0.387 e. The van der Waals surface area contributed by atoms with E-state index in [-0.39, 0.29) is 5.75 Å². The van der Waals surface area contributed by atoms with Gasteiger partial charge in [0.05, 0.1) is 24.9 Å². The Morgan fingerprint density at radius 2 is 1.95 bits per heavy atom. The molecule has 2 rings (SSSR count). The first-order valence-corrected chi connectivity index (χ1v) is 6.51. The molecule has 1 atom stereocenters. The van der Waals surface area contributed by atoms with Crippen LogP contribution in [0.15, 0.2) is 36.5 Å². The lowest BCUT2D eigenvalue weighted by molar-refractivity contribution is -0.0500. The van der Waals surface area contributed by atoms with Crippen LogP contribution in [0.4, 0.5) is 19.0 Å². The fraction of sp³-hybridized carbons (Fsp3) is 0.267. The summed E-state index contributed by atoms with van der Waals surface area (Å²) in [4.78, 5) is 3.95. The Balaban J connectivity index is 2.13. The van der Waals surface area contributed by atoms with Gasteiger partial charge < -0.3 is 14.8 Å². The minimum absolute atomic E-state index is 0.0447. The van der Waals surface area contributed by atoms with Crippen LogP contribution in [0.3, 0.4) is 0 Å². The van der Waals surface area contributed by atoms with Crippen LogP contribution in [0.1, 0.15) is 18.5 Å². The average Bonchev–Trinajstić information content (AvgIpc) is 2.48. The third-order valence-corrected chi connectivity index (χ3v) is 2.99. The van der Waals surface area contributed by atoms with E-state index in [1.807, 2.05) is 0 Å².